The number of carbonyl (C=O) groups is 1. The van der Waals surface area contributed by atoms with Crippen LogP contribution in [-0.2, 0) is 6.42 Å². The second kappa shape index (κ2) is 10.4. The Hall–Kier alpha value is -3.87. The molecule has 0 aliphatic carbocycles. The van der Waals surface area contributed by atoms with Gasteiger partial charge in [0.15, 0.2) is 0 Å². The van der Waals surface area contributed by atoms with E-state index >= 15 is 0 Å². The Balaban J connectivity index is 1.52. The SMILES string of the molecule is COc1ccc(-c2cc(-c3ccccc3)nc3sc(C(=O)NCCc4cccc(Cl)c4)c(N)c23)cc1. The number of methoxy groups -OCH3 is 1. The van der Waals surface area contributed by atoms with Crippen LogP contribution in [-0.4, -0.2) is 24.5 Å². The van der Waals surface area contributed by atoms with E-state index in [1.165, 1.54) is 11.3 Å². The van der Waals surface area contributed by atoms with Gasteiger partial charge < -0.3 is 15.8 Å². The molecule has 180 valence electrons. The lowest BCUT2D eigenvalue weighted by molar-refractivity contribution is 0.0959. The fourth-order valence-electron chi connectivity index (χ4n) is 4.14. The second-order valence-corrected chi connectivity index (χ2v) is 9.75. The van der Waals surface area contributed by atoms with Gasteiger partial charge >= 0.3 is 0 Å². The molecular formula is C29H24ClN3O2S. The first-order chi connectivity index (χ1) is 17.5. The Kier molecular flexibility index (Phi) is 6.89. The third-order valence-electron chi connectivity index (χ3n) is 5.96. The summed E-state index contributed by atoms with van der Waals surface area (Å²) in [6.07, 6.45) is 0.671. The van der Waals surface area contributed by atoms with Gasteiger partial charge in [0.2, 0.25) is 0 Å². The molecule has 0 radical (unpaired) electrons. The number of fused-ring (bicyclic) bond motifs is 1. The lowest BCUT2D eigenvalue weighted by Crippen LogP contribution is -2.25. The van der Waals surface area contributed by atoms with Gasteiger partial charge in [0.25, 0.3) is 5.91 Å². The minimum absolute atomic E-state index is 0.209. The first-order valence-corrected chi connectivity index (χ1v) is 12.7. The zero-order chi connectivity index (χ0) is 25.1. The Labute approximate surface area is 218 Å². The molecule has 0 bridgehead atoms. The summed E-state index contributed by atoms with van der Waals surface area (Å²) in [5.74, 6) is 0.560. The molecule has 0 aliphatic heterocycles. The van der Waals surface area contributed by atoms with Gasteiger partial charge in [0.1, 0.15) is 15.5 Å². The summed E-state index contributed by atoms with van der Waals surface area (Å²) >= 11 is 7.38. The maximum absolute atomic E-state index is 13.1. The number of nitrogens with one attached hydrogen (secondary N) is 1. The van der Waals surface area contributed by atoms with Gasteiger partial charge in [-0.05, 0) is 53.4 Å². The molecule has 36 heavy (non-hydrogen) atoms. The predicted molar refractivity (Wildman–Crippen MR) is 149 cm³/mol. The monoisotopic (exact) mass is 513 g/mol. The molecule has 2 heterocycles. The summed E-state index contributed by atoms with van der Waals surface area (Å²) in [7, 11) is 1.64. The van der Waals surface area contributed by atoms with Crippen LogP contribution in [0.25, 0.3) is 32.6 Å². The first kappa shape index (κ1) is 23.9. The minimum Gasteiger partial charge on any atom is -0.497 e. The van der Waals surface area contributed by atoms with Gasteiger partial charge in [-0.3, -0.25) is 4.79 Å². The number of nitrogens with two attached hydrogens (primary N) is 1. The largest absolute Gasteiger partial charge is 0.497 e. The van der Waals surface area contributed by atoms with Gasteiger partial charge in [0, 0.05) is 22.5 Å². The third-order valence-corrected chi connectivity index (χ3v) is 7.30. The molecule has 5 aromatic rings. The Bertz CT molecular complexity index is 1530. The smallest absolute Gasteiger partial charge is 0.263 e. The van der Waals surface area contributed by atoms with E-state index in [1.54, 1.807) is 7.11 Å². The maximum Gasteiger partial charge on any atom is 0.263 e. The lowest BCUT2D eigenvalue weighted by Gasteiger charge is -2.10. The van der Waals surface area contributed by atoms with Gasteiger partial charge in [-0.2, -0.15) is 0 Å². The zero-order valence-corrected chi connectivity index (χ0v) is 21.2. The topological polar surface area (TPSA) is 77.2 Å². The number of benzene rings is 3. The number of nitrogen functional groups attached to an aromatic ring is 1. The summed E-state index contributed by atoms with van der Waals surface area (Å²) in [5, 5.41) is 4.46. The van der Waals surface area contributed by atoms with Crippen LogP contribution in [0, 0.1) is 0 Å². The Morgan fingerprint density at radius 3 is 2.50 bits per heavy atom. The van der Waals surface area contributed by atoms with Crippen molar-refractivity contribution in [3.63, 3.8) is 0 Å². The van der Waals surface area contributed by atoms with Crippen LogP contribution in [0.4, 0.5) is 5.69 Å². The molecule has 0 unspecified atom stereocenters. The molecule has 2 aromatic heterocycles. The number of ether oxygens (including phenoxy) is 1. The highest BCUT2D eigenvalue weighted by Gasteiger charge is 2.21. The van der Waals surface area contributed by atoms with Crippen molar-refractivity contribution < 1.29 is 9.53 Å². The van der Waals surface area contributed by atoms with Crippen molar-refractivity contribution in [3.05, 3.63) is 100 Å². The molecular weight excluding hydrogens is 490 g/mol. The van der Waals surface area contributed by atoms with Gasteiger partial charge in [-0.1, -0.05) is 66.2 Å². The molecule has 1 amide bonds. The van der Waals surface area contributed by atoms with E-state index in [9.17, 15) is 4.79 Å². The quantitative estimate of drug-likeness (QED) is 0.249. The molecule has 0 atom stereocenters. The maximum atomic E-state index is 13.1. The number of amides is 1. The van der Waals surface area contributed by atoms with Crippen molar-refractivity contribution in [2.75, 3.05) is 19.4 Å². The highest BCUT2D eigenvalue weighted by Crippen LogP contribution is 2.41. The molecule has 7 heteroatoms. The van der Waals surface area contributed by atoms with E-state index in [2.05, 4.69) is 5.32 Å². The Morgan fingerprint density at radius 1 is 1.00 bits per heavy atom. The summed E-state index contributed by atoms with van der Waals surface area (Å²) in [5.41, 5.74) is 11.8. The van der Waals surface area contributed by atoms with E-state index in [1.807, 2.05) is 84.9 Å². The number of thiophene rings is 1. The summed E-state index contributed by atoms with van der Waals surface area (Å²) in [6, 6.07) is 27.4. The first-order valence-electron chi connectivity index (χ1n) is 11.5. The normalized spacial score (nSPS) is 10.9. The molecule has 0 fully saturated rings. The fraction of sp³-hybridized carbons (Fsp3) is 0.103. The van der Waals surface area contributed by atoms with Crippen LogP contribution in [0.2, 0.25) is 5.02 Å². The number of carbonyl (C=O) groups excluding carboxylic acids is 1. The van der Waals surface area contributed by atoms with Crippen molar-refractivity contribution in [2.24, 2.45) is 0 Å². The van der Waals surface area contributed by atoms with E-state index in [0.717, 1.165) is 43.9 Å². The van der Waals surface area contributed by atoms with E-state index in [0.29, 0.717) is 28.6 Å². The van der Waals surface area contributed by atoms with Crippen LogP contribution < -0.4 is 15.8 Å². The van der Waals surface area contributed by atoms with Crippen molar-refractivity contribution in [3.8, 4) is 28.1 Å². The molecule has 0 saturated heterocycles. The number of anilines is 1. The number of hydrogen-bond acceptors (Lipinski definition) is 5. The van der Waals surface area contributed by atoms with Crippen LogP contribution in [0.3, 0.4) is 0 Å². The van der Waals surface area contributed by atoms with Crippen molar-refractivity contribution >= 4 is 44.7 Å². The van der Waals surface area contributed by atoms with E-state index < -0.39 is 0 Å². The predicted octanol–water partition coefficient (Wildman–Crippen LogP) is 6.85. The van der Waals surface area contributed by atoms with Gasteiger partial charge in [-0.15, -0.1) is 11.3 Å². The van der Waals surface area contributed by atoms with Gasteiger partial charge in [0.05, 0.1) is 18.5 Å². The molecule has 0 aliphatic rings. The standard InChI is InChI=1S/C29H24ClN3O2S/c1-35-22-12-10-19(11-13-22)23-17-24(20-7-3-2-4-8-20)33-29-25(23)26(31)27(36-29)28(34)32-15-14-18-6-5-9-21(30)16-18/h2-13,16-17H,14-15,31H2,1H3,(H,32,34). The summed E-state index contributed by atoms with van der Waals surface area (Å²) in [6.45, 7) is 0.473. The van der Waals surface area contributed by atoms with E-state index in [4.69, 9.17) is 27.1 Å². The number of aromatic nitrogens is 1. The molecule has 5 nitrogen and oxygen atoms in total. The van der Waals surface area contributed by atoms with Gasteiger partial charge in [-0.25, -0.2) is 4.98 Å². The summed E-state index contributed by atoms with van der Waals surface area (Å²) in [4.78, 5) is 19.2. The number of nitrogens with zero attached hydrogens (tertiary/aromatic N) is 1. The highest BCUT2D eigenvalue weighted by molar-refractivity contribution is 7.21. The minimum atomic E-state index is -0.209. The molecule has 0 saturated carbocycles. The van der Waals surface area contributed by atoms with Crippen LogP contribution >= 0.6 is 22.9 Å². The van der Waals surface area contributed by atoms with Crippen molar-refractivity contribution in [1.82, 2.24) is 10.3 Å². The molecule has 3 N–H and O–H groups in total. The van der Waals surface area contributed by atoms with Crippen molar-refractivity contribution in [1.29, 1.82) is 0 Å². The number of hydrogen-bond donors (Lipinski definition) is 2. The van der Waals surface area contributed by atoms with Crippen LogP contribution in [0.15, 0.2) is 84.9 Å². The zero-order valence-electron chi connectivity index (χ0n) is 19.6. The van der Waals surface area contributed by atoms with Crippen LogP contribution in [0.5, 0.6) is 5.75 Å². The average Bonchev–Trinajstić information content (AvgIpc) is 3.25. The highest BCUT2D eigenvalue weighted by atomic mass is 35.5. The number of halogens is 1. The van der Waals surface area contributed by atoms with Crippen LogP contribution in [0.1, 0.15) is 15.2 Å². The van der Waals surface area contributed by atoms with E-state index in [-0.39, 0.29) is 5.91 Å². The molecule has 3 aromatic carbocycles. The lowest BCUT2D eigenvalue weighted by atomic mass is 9.99. The number of pyridine rings is 1. The summed E-state index contributed by atoms with van der Waals surface area (Å²) < 4.78 is 5.33. The van der Waals surface area contributed by atoms with Crippen molar-refractivity contribution in [2.45, 2.75) is 6.42 Å². The second-order valence-electron chi connectivity index (χ2n) is 8.31. The number of rotatable bonds is 7. The Morgan fingerprint density at radius 2 is 1.78 bits per heavy atom. The average molecular weight is 514 g/mol. The fourth-order valence-corrected chi connectivity index (χ4v) is 5.39. The molecule has 0 spiro atoms. The third kappa shape index (κ3) is 4.91. The molecule has 5 rings (SSSR count).